The summed E-state index contributed by atoms with van der Waals surface area (Å²) < 4.78 is 13.2. The maximum absolute atomic E-state index is 13.2. The normalized spacial score (nSPS) is 15.8. The lowest BCUT2D eigenvalue weighted by Crippen LogP contribution is -2.50. The second kappa shape index (κ2) is 6.02. The van der Waals surface area contributed by atoms with Crippen LogP contribution in [0.4, 0.5) is 4.39 Å². The molecule has 0 saturated carbocycles. The third kappa shape index (κ3) is 3.67. The molecule has 0 spiro atoms. The molecule has 0 heterocycles. The summed E-state index contributed by atoms with van der Waals surface area (Å²) in [6, 6.07) is 3.17. The Bertz CT molecular complexity index is 464. The van der Waals surface area contributed by atoms with Crippen molar-refractivity contribution in [3.8, 4) is 5.75 Å². The topological polar surface area (TPSA) is 69.6 Å². The van der Waals surface area contributed by atoms with Gasteiger partial charge in [-0.2, -0.15) is 0 Å². The number of carboxylic acid groups (broad SMARTS) is 1. The molecule has 0 saturated heterocycles. The van der Waals surface area contributed by atoms with Crippen molar-refractivity contribution in [2.75, 3.05) is 0 Å². The lowest BCUT2D eigenvalue weighted by molar-refractivity contribution is -0.144. The third-order valence-corrected chi connectivity index (χ3v) is 3.21. The summed E-state index contributed by atoms with van der Waals surface area (Å²) in [4.78, 5) is 11.3. The molecule has 3 N–H and O–H groups in total. The van der Waals surface area contributed by atoms with Gasteiger partial charge in [-0.3, -0.25) is 10.1 Å². The highest BCUT2D eigenvalue weighted by Crippen LogP contribution is 2.27. The number of carbonyl (C=O) groups is 1. The molecule has 0 aliphatic heterocycles. The van der Waals surface area contributed by atoms with E-state index >= 15 is 0 Å². The van der Waals surface area contributed by atoms with Crippen molar-refractivity contribution in [2.24, 2.45) is 0 Å². The highest BCUT2D eigenvalue weighted by Gasteiger charge is 2.33. The van der Waals surface area contributed by atoms with Crippen molar-refractivity contribution in [1.82, 2.24) is 5.32 Å². The summed E-state index contributed by atoms with van der Waals surface area (Å²) in [6.45, 7) is 5.18. The smallest absolute Gasteiger partial charge is 0.323 e. The molecule has 0 bridgehead atoms. The number of phenols is 1. The summed E-state index contributed by atoms with van der Waals surface area (Å²) in [5.74, 6) is -1.48. The first kappa shape index (κ1) is 15.4. The summed E-state index contributed by atoms with van der Waals surface area (Å²) in [5.41, 5.74) is -0.754. The molecule has 0 radical (unpaired) electrons. The Balaban J connectivity index is 2.97. The standard InChI is InChI=1S/C14H20FNO3/c1-4-7-14(3,13(18)19)16-9(2)11-8-10(15)5-6-12(11)17/h5-6,8-9,16-17H,4,7H2,1-3H3,(H,18,19). The van der Waals surface area contributed by atoms with Gasteiger partial charge in [0, 0.05) is 11.6 Å². The average Bonchev–Trinajstić information content (AvgIpc) is 2.32. The number of hydrogen-bond donors (Lipinski definition) is 3. The fourth-order valence-electron chi connectivity index (χ4n) is 2.17. The first-order valence-corrected chi connectivity index (χ1v) is 6.29. The van der Waals surface area contributed by atoms with Crippen LogP contribution in [0, 0.1) is 5.82 Å². The maximum Gasteiger partial charge on any atom is 0.323 e. The van der Waals surface area contributed by atoms with Crippen LogP contribution in [0.5, 0.6) is 5.75 Å². The molecule has 19 heavy (non-hydrogen) atoms. The van der Waals surface area contributed by atoms with Crippen LogP contribution in [0.25, 0.3) is 0 Å². The van der Waals surface area contributed by atoms with Crippen molar-refractivity contribution in [3.63, 3.8) is 0 Å². The van der Waals surface area contributed by atoms with E-state index in [2.05, 4.69) is 5.32 Å². The van der Waals surface area contributed by atoms with Crippen LogP contribution >= 0.6 is 0 Å². The minimum Gasteiger partial charge on any atom is -0.508 e. The van der Waals surface area contributed by atoms with E-state index in [1.165, 1.54) is 12.1 Å². The predicted octanol–water partition coefficient (Wildman–Crippen LogP) is 2.83. The molecule has 1 aromatic rings. The van der Waals surface area contributed by atoms with Crippen molar-refractivity contribution in [2.45, 2.75) is 45.2 Å². The molecular formula is C14H20FNO3. The first-order valence-electron chi connectivity index (χ1n) is 6.29. The number of nitrogens with one attached hydrogen (secondary N) is 1. The first-order chi connectivity index (χ1) is 8.80. The molecule has 0 aromatic heterocycles. The van der Waals surface area contributed by atoms with E-state index < -0.39 is 23.4 Å². The van der Waals surface area contributed by atoms with Gasteiger partial charge in [0.2, 0.25) is 0 Å². The third-order valence-electron chi connectivity index (χ3n) is 3.21. The summed E-state index contributed by atoms with van der Waals surface area (Å²) >= 11 is 0. The van der Waals surface area contributed by atoms with Gasteiger partial charge in [0.1, 0.15) is 17.1 Å². The Kier molecular flexibility index (Phi) is 4.89. The molecule has 0 fully saturated rings. The Hall–Kier alpha value is -1.62. The number of carboxylic acids is 1. The molecule has 4 nitrogen and oxygen atoms in total. The summed E-state index contributed by atoms with van der Waals surface area (Å²) in [7, 11) is 0. The van der Waals surface area contributed by atoms with Gasteiger partial charge in [0.05, 0.1) is 0 Å². The largest absolute Gasteiger partial charge is 0.508 e. The van der Waals surface area contributed by atoms with E-state index in [4.69, 9.17) is 0 Å². The molecular weight excluding hydrogens is 249 g/mol. The molecule has 0 aliphatic carbocycles. The minimum absolute atomic E-state index is 0.0503. The molecule has 1 aromatic carbocycles. The van der Waals surface area contributed by atoms with Crippen molar-refractivity contribution >= 4 is 5.97 Å². The van der Waals surface area contributed by atoms with Gasteiger partial charge >= 0.3 is 5.97 Å². The van der Waals surface area contributed by atoms with Gasteiger partial charge in [-0.05, 0) is 38.5 Å². The van der Waals surface area contributed by atoms with Crippen LogP contribution in [0.3, 0.4) is 0 Å². The highest BCUT2D eigenvalue weighted by atomic mass is 19.1. The van der Waals surface area contributed by atoms with Crippen LogP contribution in [-0.2, 0) is 4.79 Å². The lowest BCUT2D eigenvalue weighted by atomic mass is 9.93. The Morgan fingerprint density at radius 3 is 2.68 bits per heavy atom. The number of halogens is 1. The summed E-state index contributed by atoms with van der Waals surface area (Å²) in [6.07, 6.45) is 1.15. The number of hydrogen-bond acceptors (Lipinski definition) is 3. The van der Waals surface area contributed by atoms with E-state index in [1.54, 1.807) is 13.8 Å². The van der Waals surface area contributed by atoms with Gasteiger partial charge in [0.15, 0.2) is 0 Å². The molecule has 1 rings (SSSR count). The van der Waals surface area contributed by atoms with Gasteiger partial charge in [-0.15, -0.1) is 0 Å². The monoisotopic (exact) mass is 269 g/mol. The average molecular weight is 269 g/mol. The van der Waals surface area contributed by atoms with Crippen molar-refractivity contribution in [3.05, 3.63) is 29.6 Å². The molecule has 0 aliphatic rings. The predicted molar refractivity (Wildman–Crippen MR) is 70.6 cm³/mol. The van der Waals surface area contributed by atoms with Crippen LogP contribution in [0.2, 0.25) is 0 Å². The van der Waals surface area contributed by atoms with Gasteiger partial charge < -0.3 is 10.2 Å². The van der Waals surface area contributed by atoms with E-state index in [1.807, 2.05) is 6.92 Å². The quantitative estimate of drug-likeness (QED) is 0.742. The summed E-state index contributed by atoms with van der Waals surface area (Å²) in [5, 5.41) is 22.0. The number of aromatic hydroxyl groups is 1. The maximum atomic E-state index is 13.2. The number of benzene rings is 1. The molecule has 0 amide bonds. The second-order valence-corrected chi connectivity index (χ2v) is 4.96. The SMILES string of the molecule is CCCC(C)(NC(C)c1cc(F)ccc1O)C(=O)O. The van der Waals surface area contributed by atoms with E-state index in [-0.39, 0.29) is 5.75 Å². The number of phenolic OH excluding ortho intramolecular Hbond substituents is 1. The van der Waals surface area contributed by atoms with Crippen LogP contribution in [0.1, 0.15) is 45.2 Å². The van der Waals surface area contributed by atoms with E-state index in [0.717, 1.165) is 6.07 Å². The van der Waals surface area contributed by atoms with Crippen molar-refractivity contribution in [1.29, 1.82) is 0 Å². The zero-order valence-corrected chi connectivity index (χ0v) is 11.4. The molecule has 106 valence electrons. The van der Waals surface area contributed by atoms with Crippen LogP contribution in [-0.4, -0.2) is 21.7 Å². The van der Waals surface area contributed by atoms with Gasteiger partial charge in [-0.1, -0.05) is 13.3 Å². The minimum atomic E-state index is -1.10. The molecule has 5 heteroatoms. The fraction of sp³-hybridized carbons (Fsp3) is 0.500. The number of aliphatic carboxylic acids is 1. The highest BCUT2D eigenvalue weighted by molar-refractivity contribution is 5.78. The Morgan fingerprint density at radius 2 is 2.16 bits per heavy atom. The van der Waals surface area contributed by atoms with Gasteiger partial charge in [0.25, 0.3) is 0 Å². The zero-order valence-electron chi connectivity index (χ0n) is 11.4. The van der Waals surface area contributed by atoms with Crippen LogP contribution < -0.4 is 5.32 Å². The van der Waals surface area contributed by atoms with Crippen molar-refractivity contribution < 1.29 is 19.4 Å². The van der Waals surface area contributed by atoms with E-state index in [9.17, 15) is 19.4 Å². The Labute approximate surface area is 112 Å². The molecule has 2 atom stereocenters. The number of rotatable bonds is 6. The fourth-order valence-corrected chi connectivity index (χ4v) is 2.17. The zero-order chi connectivity index (χ0) is 14.6. The lowest BCUT2D eigenvalue weighted by Gasteiger charge is -2.30. The van der Waals surface area contributed by atoms with Gasteiger partial charge in [-0.25, -0.2) is 4.39 Å². The van der Waals surface area contributed by atoms with Crippen LogP contribution in [0.15, 0.2) is 18.2 Å². The second-order valence-electron chi connectivity index (χ2n) is 4.96. The Morgan fingerprint density at radius 1 is 1.53 bits per heavy atom. The van der Waals surface area contributed by atoms with E-state index in [0.29, 0.717) is 18.4 Å². The molecule has 2 unspecified atom stereocenters.